The Hall–Kier alpha value is -3.55. The smallest absolute Gasteiger partial charge is 0.267 e. The van der Waals surface area contributed by atoms with Crippen LogP contribution >= 0.6 is 23.4 Å². The molecule has 0 radical (unpaired) electrons. The van der Waals surface area contributed by atoms with Crippen LogP contribution in [0.15, 0.2) is 89.4 Å². The Balaban J connectivity index is 1.57. The largest absolute Gasteiger partial charge is 0.490 e. The molecule has 178 valence electrons. The Morgan fingerprint density at radius 3 is 2.66 bits per heavy atom. The topological polar surface area (TPSA) is 64.0 Å². The molecule has 1 aliphatic rings. The van der Waals surface area contributed by atoms with Gasteiger partial charge >= 0.3 is 0 Å². The van der Waals surface area contributed by atoms with Crippen LogP contribution in [0.1, 0.15) is 18.1 Å². The van der Waals surface area contributed by atoms with Gasteiger partial charge in [0.05, 0.1) is 11.5 Å². The molecule has 0 bridgehead atoms. The van der Waals surface area contributed by atoms with Gasteiger partial charge < -0.3 is 9.47 Å². The van der Waals surface area contributed by atoms with Gasteiger partial charge in [0.1, 0.15) is 6.61 Å². The number of nitrogens with zero attached hydrogens (tertiary/aromatic N) is 3. The zero-order valence-corrected chi connectivity index (χ0v) is 20.8. The minimum Gasteiger partial charge on any atom is -0.490 e. The number of pyridine rings is 1. The number of aliphatic imine (C=N–C) groups is 1. The average molecular weight is 506 g/mol. The maximum absolute atomic E-state index is 13.1. The fourth-order valence-corrected chi connectivity index (χ4v) is 4.42. The zero-order valence-electron chi connectivity index (χ0n) is 19.2. The lowest BCUT2D eigenvalue weighted by atomic mass is 10.1. The number of aromatic nitrogens is 1. The second-order valence-corrected chi connectivity index (χ2v) is 8.90. The van der Waals surface area contributed by atoms with Crippen LogP contribution in [0.3, 0.4) is 0 Å². The van der Waals surface area contributed by atoms with E-state index in [2.05, 4.69) is 16.6 Å². The predicted octanol–water partition coefficient (Wildman–Crippen LogP) is 6.50. The van der Waals surface area contributed by atoms with E-state index in [9.17, 15) is 4.79 Å². The van der Waals surface area contributed by atoms with E-state index in [-0.39, 0.29) is 5.91 Å². The molecule has 0 unspecified atom stereocenters. The van der Waals surface area contributed by atoms with Crippen LogP contribution in [-0.2, 0) is 11.4 Å². The van der Waals surface area contributed by atoms with Crippen molar-refractivity contribution in [2.24, 2.45) is 4.99 Å². The number of hydrogen-bond acceptors (Lipinski definition) is 6. The Morgan fingerprint density at radius 2 is 1.94 bits per heavy atom. The molecule has 2 heterocycles. The number of benzene rings is 2. The van der Waals surface area contributed by atoms with Crippen LogP contribution in [0.5, 0.6) is 11.5 Å². The van der Waals surface area contributed by atoms with Gasteiger partial charge in [-0.05, 0) is 72.3 Å². The summed E-state index contributed by atoms with van der Waals surface area (Å²) in [4.78, 5) is 24.0. The van der Waals surface area contributed by atoms with Crippen molar-refractivity contribution in [1.82, 2.24) is 9.88 Å². The van der Waals surface area contributed by atoms with Gasteiger partial charge in [-0.2, -0.15) is 0 Å². The standard InChI is InChI=1S/C27H24ClN3O3S/c1-3-15-31-26(32)24(35-27(31)30-25-7-5-6-14-29-25)17-20-10-13-22(23(16-20)33-4-2)34-18-19-8-11-21(28)12-9-19/h3,5-14,16-17H,1,4,15,18H2,2H3/b24-17-,30-27+. The maximum Gasteiger partial charge on any atom is 0.267 e. The third-order valence-corrected chi connectivity index (χ3v) is 6.19. The van der Waals surface area contributed by atoms with Gasteiger partial charge in [-0.25, -0.2) is 9.98 Å². The van der Waals surface area contributed by atoms with Crippen LogP contribution in [0, 0.1) is 0 Å². The molecule has 1 saturated heterocycles. The monoisotopic (exact) mass is 505 g/mol. The number of halogens is 1. The highest BCUT2D eigenvalue weighted by Crippen LogP contribution is 2.36. The van der Waals surface area contributed by atoms with Crippen molar-refractivity contribution < 1.29 is 14.3 Å². The zero-order chi connectivity index (χ0) is 24.6. The minimum atomic E-state index is -0.134. The van der Waals surface area contributed by atoms with Gasteiger partial charge in [0.25, 0.3) is 5.91 Å². The normalized spacial score (nSPS) is 15.6. The molecule has 1 aliphatic heterocycles. The van der Waals surface area contributed by atoms with Crippen LogP contribution in [-0.4, -0.2) is 34.1 Å². The Morgan fingerprint density at radius 1 is 1.11 bits per heavy atom. The Kier molecular flexibility index (Phi) is 8.23. The summed E-state index contributed by atoms with van der Waals surface area (Å²) in [5.74, 6) is 1.64. The molecule has 2 aromatic carbocycles. The molecular formula is C27H24ClN3O3S. The number of thioether (sulfide) groups is 1. The molecule has 3 aromatic rings. The molecule has 4 rings (SSSR count). The fraction of sp³-hybridized carbons (Fsp3) is 0.148. The second kappa shape index (κ2) is 11.7. The molecule has 1 amide bonds. The summed E-state index contributed by atoms with van der Waals surface area (Å²) in [7, 11) is 0. The van der Waals surface area contributed by atoms with E-state index in [0.717, 1.165) is 11.1 Å². The van der Waals surface area contributed by atoms with Gasteiger partial charge in [0, 0.05) is 17.8 Å². The van der Waals surface area contributed by atoms with E-state index in [1.165, 1.54) is 11.8 Å². The number of carbonyl (C=O) groups is 1. The van der Waals surface area contributed by atoms with Gasteiger partial charge in [0.15, 0.2) is 22.5 Å². The van der Waals surface area contributed by atoms with Crippen molar-refractivity contribution in [3.8, 4) is 11.5 Å². The number of carbonyl (C=O) groups excluding carboxylic acids is 1. The summed E-state index contributed by atoms with van der Waals surface area (Å²) >= 11 is 7.26. The van der Waals surface area contributed by atoms with Gasteiger partial charge in [-0.1, -0.05) is 41.9 Å². The SMILES string of the molecule is C=CCN1C(=O)/C(=C/c2ccc(OCc3ccc(Cl)cc3)c(OCC)c2)S/C1=N/c1ccccn1. The number of amides is 1. The molecule has 6 nitrogen and oxygen atoms in total. The highest BCUT2D eigenvalue weighted by atomic mass is 35.5. The molecule has 35 heavy (non-hydrogen) atoms. The van der Waals surface area contributed by atoms with Crippen molar-refractivity contribution >= 4 is 46.3 Å². The molecule has 0 atom stereocenters. The lowest BCUT2D eigenvalue weighted by molar-refractivity contribution is -0.121. The highest BCUT2D eigenvalue weighted by Gasteiger charge is 2.32. The number of hydrogen-bond donors (Lipinski definition) is 0. The van der Waals surface area contributed by atoms with E-state index in [4.69, 9.17) is 21.1 Å². The number of rotatable bonds is 9. The number of amidine groups is 1. The first-order valence-electron chi connectivity index (χ1n) is 11.0. The first-order valence-corrected chi connectivity index (χ1v) is 12.2. The first-order chi connectivity index (χ1) is 17.1. The molecule has 1 fully saturated rings. The van der Waals surface area contributed by atoms with E-state index >= 15 is 0 Å². The third kappa shape index (κ3) is 6.32. The van der Waals surface area contributed by atoms with Crippen molar-refractivity contribution in [3.63, 3.8) is 0 Å². The van der Waals surface area contributed by atoms with Crippen LogP contribution in [0.25, 0.3) is 6.08 Å². The molecule has 0 aliphatic carbocycles. The summed E-state index contributed by atoms with van der Waals surface area (Å²) in [6, 6.07) is 18.6. The molecule has 8 heteroatoms. The van der Waals surface area contributed by atoms with Gasteiger partial charge in [0.2, 0.25) is 0 Å². The van der Waals surface area contributed by atoms with Gasteiger partial charge in [-0.15, -0.1) is 6.58 Å². The molecule has 0 saturated carbocycles. The molecule has 0 spiro atoms. The molecular weight excluding hydrogens is 482 g/mol. The van der Waals surface area contributed by atoms with Crippen LogP contribution in [0.2, 0.25) is 5.02 Å². The minimum absolute atomic E-state index is 0.134. The van der Waals surface area contributed by atoms with Crippen LogP contribution < -0.4 is 9.47 Å². The highest BCUT2D eigenvalue weighted by molar-refractivity contribution is 8.18. The van der Waals surface area contributed by atoms with Crippen LogP contribution in [0.4, 0.5) is 5.82 Å². The summed E-state index contributed by atoms with van der Waals surface area (Å²) in [6.45, 7) is 6.91. The first kappa shape index (κ1) is 24.6. The maximum atomic E-state index is 13.1. The average Bonchev–Trinajstić information content (AvgIpc) is 3.14. The quantitative estimate of drug-likeness (QED) is 0.245. The second-order valence-electron chi connectivity index (χ2n) is 7.45. The molecule has 0 N–H and O–H groups in total. The van der Waals surface area contributed by atoms with Crippen molar-refractivity contribution in [3.05, 3.63) is 101 Å². The molecule has 1 aromatic heterocycles. The lowest BCUT2D eigenvalue weighted by Crippen LogP contribution is -2.29. The summed E-state index contributed by atoms with van der Waals surface area (Å²) < 4.78 is 11.8. The number of ether oxygens (including phenoxy) is 2. The fourth-order valence-electron chi connectivity index (χ4n) is 3.29. The summed E-state index contributed by atoms with van der Waals surface area (Å²) in [5.41, 5.74) is 1.82. The third-order valence-electron chi connectivity index (χ3n) is 4.93. The lowest BCUT2D eigenvalue weighted by Gasteiger charge is -2.13. The predicted molar refractivity (Wildman–Crippen MR) is 142 cm³/mol. The van der Waals surface area contributed by atoms with E-state index in [1.807, 2.05) is 67.6 Å². The van der Waals surface area contributed by atoms with Crippen molar-refractivity contribution in [2.45, 2.75) is 13.5 Å². The van der Waals surface area contributed by atoms with E-state index < -0.39 is 0 Å². The summed E-state index contributed by atoms with van der Waals surface area (Å²) in [6.07, 6.45) is 5.17. The van der Waals surface area contributed by atoms with E-state index in [0.29, 0.717) is 52.2 Å². The van der Waals surface area contributed by atoms with Gasteiger partial charge in [-0.3, -0.25) is 9.69 Å². The summed E-state index contributed by atoms with van der Waals surface area (Å²) in [5, 5.41) is 1.24. The van der Waals surface area contributed by atoms with Crippen molar-refractivity contribution in [1.29, 1.82) is 0 Å². The Bertz CT molecular complexity index is 1260. The Labute approximate surface area is 213 Å². The van der Waals surface area contributed by atoms with Crippen molar-refractivity contribution in [2.75, 3.05) is 13.2 Å². The van der Waals surface area contributed by atoms with E-state index in [1.54, 1.807) is 23.2 Å².